The summed E-state index contributed by atoms with van der Waals surface area (Å²) in [7, 11) is 2.16. The highest BCUT2D eigenvalue weighted by Gasteiger charge is 2.16. The standard InChI is InChI=1S/C17H28N4O2/c1-17(2,3)23-16(22)19-18-13-14-5-7-15(8-6-14)21-11-9-20(4)10-12-21/h5-8,18H,9-13H2,1-4H3,(H,19,22). The van der Waals surface area contributed by atoms with Gasteiger partial charge in [0.05, 0.1) is 0 Å². The Bertz CT molecular complexity index is 502. The molecule has 1 aromatic rings. The van der Waals surface area contributed by atoms with Crippen molar-refractivity contribution < 1.29 is 9.53 Å². The quantitative estimate of drug-likeness (QED) is 0.831. The lowest BCUT2D eigenvalue weighted by Gasteiger charge is -2.34. The molecule has 1 heterocycles. The molecule has 23 heavy (non-hydrogen) atoms. The highest BCUT2D eigenvalue weighted by atomic mass is 16.6. The van der Waals surface area contributed by atoms with Crippen LogP contribution in [0.25, 0.3) is 0 Å². The molecule has 6 nitrogen and oxygen atoms in total. The molecule has 6 heteroatoms. The normalized spacial score (nSPS) is 16.3. The highest BCUT2D eigenvalue weighted by Crippen LogP contribution is 2.17. The third-order valence-electron chi connectivity index (χ3n) is 3.69. The molecule has 1 saturated heterocycles. The second-order valence-corrected chi connectivity index (χ2v) is 6.94. The van der Waals surface area contributed by atoms with Crippen LogP contribution >= 0.6 is 0 Å². The van der Waals surface area contributed by atoms with Gasteiger partial charge in [-0.1, -0.05) is 12.1 Å². The zero-order chi connectivity index (χ0) is 16.9. The third kappa shape index (κ3) is 6.08. The molecule has 0 aliphatic carbocycles. The SMILES string of the molecule is CN1CCN(c2ccc(CNNC(=O)OC(C)(C)C)cc2)CC1. The van der Waals surface area contributed by atoms with E-state index in [-0.39, 0.29) is 0 Å². The summed E-state index contributed by atoms with van der Waals surface area (Å²) in [4.78, 5) is 16.3. The summed E-state index contributed by atoms with van der Waals surface area (Å²) in [5.74, 6) is 0. The average Bonchev–Trinajstić information content (AvgIpc) is 2.47. The van der Waals surface area contributed by atoms with Gasteiger partial charge in [0.25, 0.3) is 0 Å². The van der Waals surface area contributed by atoms with Crippen LogP contribution < -0.4 is 15.8 Å². The fourth-order valence-corrected chi connectivity index (χ4v) is 2.41. The highest BCUT2D eigenvalue weighted by molar-refractivity contribution is 5.67. The first-order chi connectivity index (χ1) is 10.8. The minimum Gasteiger partial charge on any atom is -0.443 e. The van der Waals surface area contributed by atoms with Crippen LogP contribution in [0.3, 0.4) is 0 Å². The third-order valence-corrected chi connectivity index (χ3v) is 3.69. The van der Waals surface area contributed by atoms with Crippen molar-refractivity contribution in [1.82, 2.24) is 15.8 Å². The van der Waals surface area contributed by atoms with Crippen LogP contribution in [0.15, 0.2) is 24.3 Å². The molecule has 2 rings (SSSR count). The van der Waals surface area contributed by atoms with Crippen molar-refractivity contribution in [2.24, 2.45) is 0 Å². The fourth-order valence-electron chi connectivity index (χ4n) is 2.41. The van der Waals surface area contributed by atoms with Crippen molar-refractivity contribution in [3.8, 4) is 0 Å². The molecule has 0 spiro atoms. The molecule has 0 atom stereocenters. The Balaban J connectivity index is 1.76. The first-order valence-corrected chi connectivity index (χ1v) is 8.08. The number of hydrogen-bond acceptors (Lipinski definition) is 5. The number of amides is 1. The van der Waals surface area contributed by atoms with E-state index in [2.05, 4.69) is 52.0 Å². The van der Waals surface area contributed by atoms with Crippen molar-refractivity contribution >= 4 is 11.8 Å². The summed E-state index contributed by atoms with van der Waals surface area (Å²) >= 11 is 0. The Hall–Kier alpha value is -1.79. The monoisotopic (exact) mass is 320 g/mol. The number of hydrazine groups is 1. The average molecular weight is 320 g/mol. The van der Waals surface area contributed by atoms with Gasteiger partial charge >= 0.3 is 6.09 Å². The van der Waals surface area contributed by atoms with Crippen LogP contribution in [0, 0.1) is 0 Å². The second-order valence-electron chi connectivity index (χ2n) is 6.94. The number of nitrogens with one attached hydrogen (secondary N) is 2. The largest absolute Gasteiger partial charge is 0.443 e. The smallest absolute Gasteiger partial charge is 0.422 e. The van der Waals surface area contributed by atoms with Gasteiger partial charge < -0.3 is 14.5 Å². The molecular weight excluding hydrogens is 292 g/mol. The maximum atomic E-state index is 11.5. The molecule has 0 radical (unpaired) electrons. The molecule has 1 fully saturated rings. The van der Waals surface area contributed by atoms with Crippen molar-refractivity contribution in [3.63, 3.8) is 0 Å². The van der Waals surface area contributed by atoms with E-state index < -0.39 is 11.7 Å². The Labute approximate surface area is 138 Å². The summed E-state index contributed by atoms with van der Waals surface area (Å²) < 4.78 is 5.16. The van der Waals surface area contributed by atoms with Gasteiger partial charge in [-0.15, -0.1) is 0 Å². The fraction of sp³-hybridized carbons (Fsp3) is 0.588. The molecule has 0 saturated carbocycles. The first-order valence-electron chi connectivity index (χ1n) is 8.08. The number of carbonyl (C=O) groups is 1. The lowest BCUT2D eigenvalue weighted by atomic mass is 10.2. The van der Waals surface area contributed by atoms with Gasteiger partial charge in [0, 0.05) is 38.4 Å². The van der Waals surface area contributed by atoms with Crippen molar-refractivity contribution in [1.29, 1.82) is 0 Å². The number of nitrogens with zero attached hydrogens (tertiary/aromatic N) is 2. The summed E-state index contributed by atoms with van der Waals surface area (Å²) in [6, 6.07) is 8.43. The Kier molecular flexibility index (Phi) is 5.85. The first kappa shape index (κ1) is 17.6. The molecule has 1 aromatic carbocycles. The van der Waals surface area contributed by atoms with Crippen molar-refractivity contribution in [3.05, 3.63) is 29.8 Å². The van der Waals surface area contributed by atoms with E-state index in [1.165, 1.54) is 5.69 Å². The number of rotatable bonds is 4. The van der Waals surface area contributed by atoms with Gasteiger partial charge in [-0.3, -0.25) is 5.43 Å². The number of likely N-dealkylation sites (N-methyl/N-ethyl adjacent to an activating group) is 1. The number of benzene rings is 1. The summed E-state index contributed by atoms with van der Waals surface area (Å²) in [5, 5.41) is 0. The molecule has 1 amide bonds. The number of anilines is 1. The van der Waals surface area contributed by atoms with Crippen LogP contribution in [0.1, 0.15) is 26.3 Å². The summed E-state index contributed by atoms with van der Waals surface area (Å²) in [5.41, 5.74) is 7.30. The van der Waals surface area contributed by atoms with E-state index in [0.717, 1.165) is 31.7 Å². The Morgan fingerprint density at radius 2 is 1.74 bits per heavy atom. The van der Waals surface area contributed by atoms with E-state index in [9.17, 15) is 4.79 Å². The van der Waals surface area contributed by atoms with Gasteiger partial charge in [0.2, 0.25) is 0 Å². The van der Waals surface area contributed by atoms with E-state index >= 15 is 0 Å². The molecule has 1 aliphatic rings. The Morgan fingerprint density at radius 3 is 2.30 bits per heavy atom. The lowest BCUT2D eigenvalue weighted by molar-refractivity contribution is 0.0497. The second kappa shape index (κ2) is 7.66. The number of ether oxygens (including phenoxy) is 1. The van der Waals surface area contributed by atoms with Gasteiger partial charge in [-0.2, -0.15) is 0 Å². The predicted molar refractivity (Wildman–Crippen MR) is 92.4 cm³/mol. The van der Waals surface area contributed by atoms with Crippen LogP contribution in [-0.2, 0) is 11.3 Å². The molecule has 2 N–H and O–H groups in total. The van der Waals surface area contributed by atoms with E-state index in [1.807, 2.05) is 20.8 Å². The summed E-state index contributed by atoms with van der Waals surface area (Å²) in [6.45, 7) is 10.4. The molecular formula is C17H28N4O2. The topological polar surface area (TPSA) is 56.8 Å². The van der Waals surface area contributed by atoms with Crippen LogP contribution in [-0.4, -0.2) is 49.8 Å². The van der Waals surface area contributed by atoms with Crippen LogP contribution in [0.5, 0.6) is 0 Å². The van der Waals surface area contributed by atoms with Crippen LogP contribution in [0.2, 0.25) is 0 Å². The zero-order valence-electron chi connectivity index (χ0n) is 14.6. The van der Waals surface area contributed by atoms with Gasteiger partial charge in [-0.05, 0) is 45.5 Å². The molecule has 0 aromatic heterocycles. The minimum absolute atomic E-state index is 0.466. The van der Waals surface area contributed by atoms with E-state index in [4.69, 9.17) is 4.74 Å². The van der Waals surface area contributed by atoms with E-state index in [0.29, 0.717) is 6.54 Å². The minimum atomic E-state index is -0.490. The number of carbonyl (C=O) groups excluding carboxylic acids is 1. The predicted octanol–water partition coefficient (Wildman–Crippen LogP) is 1.97. The lowest BCUT2D eigenvalue weighted by Crippen LogP contribution is -2.44. The Morgan fingerprint density at radius 1 is 1.13 bits per heavy atom. The molecule has 0 unspecified atom stereocenters. The van der Waals surface area contributed by atoms with Gasteiger partial charge in [0.1, 0.15) is 5.60 Å². The van der Waals surface area contributed by atoms with Crippen molar-refractivity contribution in [2.75, 3.05) is 38.1 Å². The maximum Gasteiger partial charge on any atom is 0.422 e. The van der Waals surface area contributed by atoms with Gasteiger partial charge in [0.15, 0.2) is 0 Å². The van der Waals surface area contributed by atoms with E-state index in [1.54, 1.807) is 0 Å². The summed E-state index contributed by atoms with van der Waals surface area (Å²) in [6.07, 6.45) is -0.466. The maximum absolute atomic E-state index is 11.5. The molecule has 0 bridgehead atoms. The number of piperazine rings is 1. The number of hydrogen-bond donors (Lipinski definition) is 2. The van der Waals surface area contributed by atoms with Gasteiger partial charge in [-0.25, -0.2) is 10.2 Å². The molecule has 1 aliphatic heterocycles. The zero-order valence-corrected chi connectivity index (χ0v) is 14.6. The van der Waals surface area contributed by atoms with Crippen LogP contribution in [0.4, 0.5) is 10.5 Å². The van der Waals surface area contributed by atoms with Crippen molar-refractivity contribution in [2.45, 2.75) is 32.9 Å². The molecule has 128 valence electrons.